The summed E-state index contributed by atoms with van der Waals surface area (Å²) in [7, 11) is -2.87. The Morgan fingerprint density at radius 1 is 1.17 bits per heavy atom. The molecule has 5 heteroatoms. The van der Waals surface area contributed by atoms with E-state index in [9.17, 15) is 13.5 Å². The summed E-state index contributed by atoms with van der Waals surface area (Å²) in [4.78, 5) is 0. The normalized spacial score (nSPS) is 25.2. The van der Waals surface area contributed by atoms with Gasteiger partial charge in [0.2, 0.25) is 0 Å². The van der Waals surface area contributed by atoms with Crippen LogP contribution in [0.1, 0.15) is 39.0 Å². The van der Waals surface area contributed by atoms with Crippen LogP contribution >= 0.6 is 0 Å². The second-order valence-electron chi connectivity index (χ2n) is 5.34. The van der Waals surface area contributed by atoms with Crippen molar-refractivity contribution in [2.24, 2.45) is 11.8 Å². The predicted molar refractivity (Wildman–Crippen MR) is 74.3 cm³/mol. The zero-order valence-corrected chi connectivity index (χ0v) is 12.2. The predicted octanol–water partition coefficient (Wildman–Crippen LogP) is 1.20. The minimum atomic E-state index is -2.87. The van der Waals surface area contributed by atoms with Crippen LogP contribution in [-0.2, 0) is 9.84 Å². The monoisotopic (exact) mass is 277 g/mol. The Kier molecular flexibility index (Phi) is 7.19. The summed E-state index contributed by atoms with van der Waals surface area (Å²) in [6.07, 6.45) is 5.40. The molecule has 0 aliphatic heterocycles. The van der Waals surface area contributed by atoms with Crippen molar-refractivity contribution in [3.63, 3.8) is 0 Å². The fourth-order valence-electron chi connectivity index (χ4n) is 2.72. The Labute approximate surface area is 111 Å². The molecule has 0 aromatic heterocycles. The van der Waals surface area contributed by atoms with E-state index in [0.717, 1.165) is 19.4 Å². The first-order valence-corrected chi connectivity index (χ1v) is 8.93. The third-order valence-electron chi connectivity index (χ3n) is 3.81. The second-order valence-corrected chi connectivity index (χ2v) is 7.65. The number of aliphatic hydroxyl groups is 1. The van der Waals surface area contributed by atoms with Gasteiger partial charge in [-0.2, -0.15) is 0 Å². The maximum Gasteiger partial charge on any atom is 0.151 e. The van der Waals surface area contributed by atoms with Crippen molar-refractivity contribution in [1.82, 2.24) is 5.32 Å². The number of hydrogen-bond donors (Lipinski definition) is 2. The van der Waals surface area contributed by atoms with E-state index in [2.05, 4.69) is 5.32 Å². The summed E-state index contributed by atoms with van der Waals surface area (Å²) >= 11 is 0. The van der Waals surface area contributed by atoms with Gasteiger partial charge in [0, 0.05) is 18.9 Å². The van der Waals surface area contributed by atoms with E-state index in [1.807, 2.05) is 6.92 Å². The lowest BCUT2D eigenvalue weighted by atomic mass is 9.80. The first kappa shape index (κ1) is 15.9. The summed E-state index contributed by atoms with van der Waals surface area (Å²) in [5.74, 6) is 1.44. The van der Waals surface area contributed by atoms with E-state index in [1.54, 1.807) is 0 Å². The van der Waals surface area contributed by atoms with Crippen molar-refractivity contribution in [2.45, 2.75) is 39.0 Å². The molecule has 18 heavy (non-hydrogen) atoms. The zero-order valence-electron chi connectivity index (χ0n) is 11.4. The van der Waals surface area contributed by atoms with Crippen molar-refractivity contribution < 1.29 is 13.5 Å². The topological polar surface area (TPSA) is 66.4 Å². The van der Waals surface area contributed by atoms with Crippen LogP contribution in [-0.4, -0.2) is 44.7 Å². The molecule has 0 amide bonds. The first-order chi connectivity index (χ1) is 8.59. The van der Waals surface area contributed by atoms with Gasteiger partial charge in [-0.05, 0) is 37.6 Å². The van der Waals surface area contributed by atoms with Gasteiger partial charge in [0.05, 0.1) is 5.75 Å². The van der Waals surface area contributed by atoms with E-state index in [0.29, 0.717) is 24.8 Å². The van der Waals surface area contributed by atoms with E-state index in [4.69, 9.17) is 0 Å². The molecular formula is C13H27NO3S. The molecule has 0 heterocycles. The maximum absolute atomic E-state index is 11.5. The van der Waals surface area contributed by atoms with Crippen molar-refractivity contribution >= 4 is 9.84 Å². The molecule has 0 aromatic carbocycles. The molecule has 1 aliphatic rings. The molecule has 0 aromatic rings. The minimum absolute atomic E-state index is 0.233. The average Bonchev–Trinajstić information content (AvgIpc) is 2.35. The van der Waals surface area contributed by atoms with Crippen LogP contribution in [0, 0.1) is 11.8 Å². The average molecular weight is 277 g/mol. The van der Waals surface area contributed by atoms with E-state index < -0.39 is 9.84 Å². The largest absolute Gasteiger partial charge is 0.396 e. The molecule has 2 atom stereocenters. The molecule has 1 saturated carbocycles. The van der Waals surface area contributed by atoms with Crippen molar-refractivity contribution in [3.8, 4) is 0 Å². The van der Waals surface area contributed by atoms with Crippen LogP contribution < -0.4 is 5.32 Å². The van der Waals surface area contributed by atoms with E-state index in [1.165, 1.54) is 12.8 Å². The highest BCUT2D eigenvalue weighted by Crippen LogP contribution is 2.28. The van der Waals surface area contributed by atoms with Gasteiger partial charge in [-0.15, -0.1) is 0 Å². The van der Waals surface area contributed by atoms with Gasteiger partial charge in [0.25, 0.3) is 0 Å². The van der Waals surface area contributed by atoms with Gasteiger partial charge >= 0.3 is 0 Å². The summed E-state index contributed by atoms with van der Waals surface area (Å²) < 4.78 is 23.0. The fraction of sp³-hybridized carbons (Fsp3) is 1.00. The summed E-state index contributed by atoms with van der Waals surface area (Å²) in [6.45, 7) is 3.53. The lowest BCUT2D eigenvalue weighted by Crippen LogP contribution is -2.34. The van der Waals surface area contributed by atoms with Crippen LogP contribution in [0.15, 0.2) is 0 Å². The number of aliphatic hydroxyl groups excluding tert-OH is 1. The van der Waals surface area contributed by atoms with E-state index >= 15 is 0 Å². The summed E-state index contributed by atoms with van der Waals surface area (Å²) in [5.41, 5.74) is 0. The smallest absolute Gasteiger partial charge is 0.151 e. The maximum atomic E-state index is 11.5. The Bertz CT molecular complexity index is 316. The van der Waals surface area contributed by atoms with Crippen LogP contribution in [0.5, 0.6) is 0 Å². The Hall–Kier alpha value is -0.130. The lowest BCUT2D eigenvalue weighted by Gasteiger charge is -2.30. The van der Waals surface area contributed by atoms with Gasteiger partial charge in [0.15, 0.2) is 9.84 Å². The molecule has 0 saturated heterocycles. The van der Waals surface area contributed by atoms with Crippen LogP contribution in [0.4, 0.5) is 0 Å². The highest BCUT2D eigenvalue weighted by Gasteiger charge is 2.23. The fourth-order valence-corrected chi connectivity index (χ4v) is 4.00. The highest BCUT2D eigenvalue weighted by atomic mass is 32.2. The van der Waals surface area contributed by atoms with Crippen LogP contribution in [0.2, 0.25) is 0 Å². The molecule has 2 N–H and O–H groups in total. The Morgan fingerprint density at radius 3 is 2.44 bits per heavy atom. The van der Waals surface area contributed by atoms with Crippen LogP contribution in [0.25, 0.3) is 0 Å². The summed E-state index contributed by atoms with van der Waals surface area (Å²) in [6, 6.07) is 0. The number of hydrogen-bond acceptors (Lipinski definition) is 4. The van der Waals surface area contributed by atoms with Gasteiger partial charge in [-0.3, -0.25) is 0 Å². The van der Waals surface area contributed by atoms with E-state index in [-0.39, 0.29) is 18.1 Å². The Balaban J connectivity index is 2.20. The molecular weight excluding hydrogens is 250 g/mol. The molecule has 0 spiro atoms. The minimum Gasteiger partial charge on any atom is -0.396 e. The standard InChI is InChI=1S/C13H27NO3S/c1-2-8-18(16,17)9-7-14-10-12-5-3-4-6-13(12)11-15/h12-15H,2-11H2,1H3. The number of rotatable bonds is 8. The molecule has 1 aliphatic carbocycles. The van der Waals surface area contributed by atoms with Crippen LogP contribution in [0.3, 0.4) is 0 Å². The van der Waals surface area contributed by atoms with Gasteiger partial charge in [-0.25, -0.2) is 8.42 Å². The van der Waals surface area contributed by atoms with Gasteiger partial charge < -0.3 is 10.4 Å². The molecule has 1 fully saturated rings. The Morgan fingerprint density at radius 2 is 1.83 bits per heavy atom. The van der Waals surface area contributed by atoms with Gasteiger partial charge in [0.1, 0.15) is 0 Å². The second kappa shape index (κ2) is 8.12. The van der Waals surface area contributed by atoms with Gasteiger partial charge in [-0.1, -0.05) is 19.8 Å². The molecule has 4 nitrogen and oxygen atoms in total. The zero-order chi connectivity index (χ0) is 13.4. The number of nitrogens with one attached hydrogen (secondary N) is 1. The van der Waals surface area contributed by atoms with Crippen molar-refractivity contribution in [1.29, 1.82) is 0 Å². The molecule has 0 bridgehead atoms. The highest BCUT2D eigenvalue weighted by molar-refractivity contribution is 7.91. The lowest BCUT2D eigenvalue weighted by molar-refractivity contribution is 0.133. The quantitative estimate of drug-likeness (QED) is 0.654. The third kappa shape index (κ3) is 5.67. The number of sulfone groups is 1. The molecule has 2 unspecified atom stereocenters. The molecule has 1 rings (SSSR count). The molecule has 0 radical (unpaired) electrons. The summed E-state index contributed by atoms with van der Waals surface area (Å²) in [5, 5.41) is 12.5. The SMILES string of the molecule is CCCS(=O)(=O)CCNCC1CCCCC1CO. The third-order valence-corrected chi connectivity index (χ3v) is 5.67. The first-order valence-electron chi connectivity index (χ1n) is 7.11. The van der Waals surface area contributed by atoms with Crippen molar-refractivity contribution in [3.05, 3.63) is 0 Å². The molecule has 108 valence electrons. The van der Waals surface area contributed by atoms with Crippen molar-refractivity contribution in [2.75, 3.05) is 31.2 Å².